The fourth-order valence-corrected chi connectivity index (χ4v) is 11.6. The normalized spacial score (nSPS) is 11.8. The molecule has 2 heterocycles. The van der Waals surface area contributed by atoms with Gasteiger partial charge in [-0.05, 0) is 117 Å². The minimum atomic E-state index is 0.832. The summed E-state index contributed by atoms with van der Waals surface area (Å²) in [5.74, 6) is 0. The first-order valence-electron chi connectivity index (χ1n) is 25.2. The molecule has 4 heteroatoms. The van der Waals surface area contributed by atoms with Crippen LogP contribution in [0.25, 0.3) is 109 Å². The molecule has 0 bridgehead atoms. The smallest absolute Gasteiger partial charge is 0.137 e. The van der Waals surface area contributed by atoms with E-state index in [9.17, 15) is 0 Å². The predicted octanol–water partition coefficient (Wildman–Crippen LogP) is 20.4. The van der Waals surface area contributed by atoms with E-state index in [0.717, 1.165) is 133 Å². The van der Waals surface area contributed by atoms with E-state index in [4.69, 9.17) is 8.83 Å². The first-order valence-corrected chi connectivity index (χ1v) is 25.2. The van der Waals surface area contributed by atoms with E-state index in [1.54, 1.807) is 0 Å². The number of benzene rings is 13. The molecule has 15 rings (SSSR count). The SMILES string of the molecule is c1ccc(-c2ccc3c(N(c4ccc5ccccc5c4)c4cccc5oc6ccccc6c45)c4cc(-c5ccccc5)ccc4c(N(c4ccc5ccccc5c4)c4cccc5oc6ccccc6c45)c3c2)cc1. The Hall–Kier alpha value is -9.90. The quantitative estimate of drug-likeness (QED) is 0.112. The molecule has 0 spiro atoms. The summed E-state index contributed by atoms with van der Waals surface area (Å²) in [4.78, 5) is 5.01. The van der Waals surface area contributed by atoms with Gasteiger partial charge in [-0.1, -0.05) is 194 Å². The highest BCUT2D eigenvalue weighted by Crippen LogP contribution is 2.55. The van der Waals surface area contributed by atoms with Crippen LogP contribution in [0.15, 0.2) is 276 Å². The maximum Gasteiger partial charge on any atom is 0.137 e. The molecular weight excluding hydrogens is 901 g/mol. The van der Waals surface area contributed by atoms with Crippen molar-refractivity contribution in [2.45, 2.75) is 0 Å². The fraction of sp³-hybridized carbons (Fsp3) is 0. The van der Waals surface area contributed by atoms with Gasteiger partial charge in [0.1, 0.15) is 22.3 Å². The molecule has 0 unspecified atom stereocenters. The van der Waals surface area contributed by atoms with Crippen molar-refractivity contribution in [1.82, 2.24) is 0 Å². The number of rotatable bonds is 8. The van der Waals surface area contributed by atoms with Crippen molar-refractivity contribution in [1.29, 1.82) is 0 Å². The third-order valence-electron chi connectivity index (χ3n) is 14.9. The zero-order valence-electron chi connectivity index (χ0n) is 40.1. The lowest BCUT2D eigenvalue weighted by molar-refractivity contribution is 0.668. The van der Waals surface area contributed by atoms with Crippen LogP contribution in [-0.4, -0.2) is 0 Å². The standard InChI is InChI=1S/C70H44N2O2/c1-3-17-45(18-4-1)51-35-39-55-59(43-51)69(71(53-37-33-47-21-7-9-23-49(47)41-53)61-27-15-31-65-67(61)57-25-11-13-29-63(57)73-65)56-40-36-52(46-19-5-2-6-20-46)44-60(56)70(55)72(54-38-34-48-22-8-10-24-50(48)42-54)62-28-16-32-66-68(62)58-26-12-14-30-64(58)74-66/h1-44H. The zero-order chi connectivity index (χ0) is 48.7. The summed E-state index contributed by atoms with van der Waals surface area (Å²) in [5.41, 5.74) is 14.1. The van der Waals surface area contributed by atoms with Crippen LogP contribution >= 0.6 is 0 Å². The summed E-state index contributed by atoms with van der Waals surface area (Å²) >= 11 is 0. The van der Waals surface area contributed by atoms with Crippen molar-refractivity contribution in [3.05, 3.63) is 267 Å². The average molecular weight is 945 g/mol. The monoisotopic (exact) mass is 944 g/mol. The first-order chi connectivity index (χ1) is 36.7. The van der Waals surface area contributed by atoms with Gasteiger partial charge in [0.05, 0.1) is 33.5 Å². The van der Waals surface area contributed by atoms with Gasteiger partial charge in [-0.3, -0.25) is 0 Å². The molecule has 0 saturated carbocycles. The highest BCUT2D eigenvalue weighted by atomic mass is 16.3. The molecule has 0 fully saturated rings. The van der Waals surface area contributed by atoms with E-state index >= 15 is 0 Å². The second-order valence-electron chi connectivity index (χ2n) is 19.2. The summed E-state index contributed by atoms with van der Waals surface area (Å²) in [5, 5.41) is 13.3. The highest BCUT2D eigenvalue weighted by molar-refractivity contribution is 6.27. The molecule has 0 N–H and O–H groups in total. The molecule has 4 nitrogen and oxygen atoms in total. The molecule has 0 aliphatic rings. The van der Waals surface area contributed by atoms with Gasteiger partial charge in [0, 0.05) is 43.7 Å². The number of furan rings is 2. The summed E-state index contributed by atoms with van der Waals surface area (Å²) in [6.45, 7) is 0. The van der Waals surface area contributed by atoms with Crippen molar-refractivity contribution in [3.8, 4) is 22.3 Å². The minimum absolute atomic E-state index is 0.832. The van der Waals surface area contributed by atoms with Gasteiger partial charge in [-0.2, -0.15) is 0 Å². The lowest BCUT2D eigenvalue weighted by Crippen LogP contribution is -2.15. The number of hydrogen-bond acceptors (Lipinski definition) is 4. The van der Waals surface area contributed by atoms with Gasteiger partial charge in [-0.15, -0.1) is 0 Å². The number of hydrogen-bond donors (Lipinski definition) is 0. The summed E-state index contributed by atoms with van der Waals surface area (Å²) in [6, 6.07) is 96.5. The fourth-order valence-electron chi connectivity index (χ4n) is 11.6. The third-order valence-corrected chi connectivity index (χ3v) is 14.9. The topological polar surface area (TPSA) is 32.8 Å². The van der Waals surface area contributed by atoms with Crippen LogP contribution in [0.3, 0.4) is 0 Å². The van der Waals surface area contributed by atoms with Gasteiger partial charge < -0.3 is 18.6 Å². The van der Waals surface area contributed by atoms with Crippen molar-refractivity contribution < 1.29 is 8.83 Å². The van der Waals surface area contributed by atoms with Gasteiger partial charge in [0.25, 0.3) is 0 Å². The van der Waals surface area contributed by atoms with Gasteiger partial charge >= 0.3 is 0 Å². The molecule has 13 aromatic carbocycles. The molecule has 15 aromatic rings. The van der Waals surface area contributed by atoms with E-state index in [1.807, 2.05) is 0 Å². The Morgan fingerprint density at radius 1 is 0.230 bits per heavy atom. The summed E-state index contributed by atoms with van der Waals surface area (Å²) in [6.07, 6.45) is 0. The second-order valence-corrected chi connectivity index (χ2v) is 19.2. The van der Waals surface area contributed by atoms with Crippen LogP contribution in [0.5, 0.6) is 0 Å². The largest absolute Gasteiger partial charge is 0.456 e. The molecule has 0 amide bonds. The summed E-state index contributed by atoms with van der Waals surface area (Å²) in [7, 11) is 0. The Morgan fingerprint density at radius 2 is 0.622 bits per heavy atom. The number of fused-ring (bicyclic) bond motifs is 10. The maximum absolute atomic E-state index is 6.70. The van der Waals surface area contributed by atoms with E-state index in [2.05, 4.69) is 277 Å². The van der Waals surface area contributed by atoms with Crippen LogP contribution in [-0.2, 0) is 0 Å². The zero-order valence-corrected chi connectivity index (χ0v) is 40.1. The van der Waals surface area contributed by atoms with Crippen molar-refractivity contribution >= 4 is 121 Å². The van der Waals surface area contributed by atoms with Crippen molar-refractivity contribution in [2.75, 3.05) is 9.80 Å². The second kappa shape index (κ2) is 16.9. The molecule has 74 heavy (non-hydrogen) atoms. The highest BCUT2D eigenvalue weighted by Gasteiger charge is 2.30. The van der Waals surface area contributed by atoms with Crippen LogP contribution in [0, 0.1) is 0 Å². The van der Waals surface area contributed by atoms with Gasteiger partial charge in [0.2, 0.25) is 0 Å². The van der Waals surface area contributed by atoms with E-state index in [0.29, 0.717) is 0 Å². The predicted molar refractivity (Wildman–Crippen MR) is 311 cm³/mol. The van der Waals surface area contributed by atoms with Crippen LogP contribution in [0.1, 0.15) is 0 Å². The molecule has 0 atom stereocenters. The van der Waals surface area contributed by atoms with Gasteiger partial charge in [-0.25, -0.2) is 0 Å². The molecule has 0 aliphatic heterocycles. The maximum atomic E-state index is 6.70. The first kappa shape index (κ1) is 41.8. The lowest BCUT2D eigenvalue weighted by atomic mass is 9.90. The third kappa shape index (κ3) is 6.69. The minimum Gasteiger partial charge on any atom is -0.456 e. The number of para-hydroxylation sites is 2. The molecule has 0 aliphatic carbocycles. The number of anilines is 6. The van der Waals surface area contributed by atoms with Crippen LogP contribution in [0.2, 0.25) is 0 Å². The molecule has 0 radical (unpaired) electrons. The van der Waals surface area contributed by atoms with Gasteiger partial charge in [0.15, 0.2) is 0 Å². The van der Waals surface area contributed by atoms with Crippen molar-refractivity contribution in [2.24, 2.45) is 0 Å². The van der Waals surface area contributed by atoms with Crippen molar-refractivity contribution in [3.63, 3.8) is 0 Å². The van der Waals surface area contributed by atoms with E-state index in [-0.39, 0.29) is 0 Å². The Morgan fingerprint density at radius 3 is 1.08 bits per heavy atom. The molecular formula is C70H44N2O2. The molecule has 0 saturated heterocycles. The van der Waals surface area contributed by atoms with E-state index in [1.165, 1.54) is 10.8 Å². The Balaban J connectivity index is 1.15. The Bertz CT molecular complexity index is 4390. The van der Waals surface area contributed by atoms with Crippen LogP contribution < -0.4 is 9.80 Å². The lowest BCUT2D eigenvalue weighted by Gasteiger charge is -2.34. The van der Waals surface area contributed by atoms with E-state index < -0.39 is 0 Å². The summed E-state index contributed by atoms with van der Waals surface area (Å²) < 4.78 is 13.4. The van der Waals surface area contributed by atoms with Crippen LogP contribution in [0.4, 0.5) is 34.1 Å². The number of nitrogens with zero attached hydrogens (tertiary/aromatic N) is 2. The Kier molecular flexibility index (Phi) is 9.54. The average Bonchev–Trinajstić information content (AvgIpc) is 4.05. The molecule has 346 valence electrons. The molecule has 2 aromatic heterocycles. The Labute approximate surface area is 426 Å².